The molecule has 0 fully saturated rings. The van der Waals surface area contributed by atoms with Gasteiger partial charge in [-0.05, 0) is 68.7 Å². The summed E-state index contributed by atoms with van der Waals surface area (Å²) in [6.07, 6.45) is 0. The molecule has 0 bridgehead atoms. The molecule has 0 heterocycles. The van der Waals surface area contributed by atoms with Gasteiger partial charge in [0.25, 0.3) is 0 Å². The standard InChI is InChI=1S/C19H26N2/c1-5-21(6-2)19-9-7-17(8-10-19)14-20-18-12-15(3)11-16(4)13-18/h7-13,20H,5-6,14H2,1-4H3. The van der Waals surface area contributed by atoms with E-state index < -0.39 is 0 Å². The van der Waals surface area contributed by atoms with Crippen molar-refractivity contribution in [2.75, 3.05) is 23.3 Å². The van der Waals surface area contributed by atoms with Gasteiger partial charge in [-0.1, -0.05) is 18.2 Å². The number of hydrogen-bond acceptors (Lipinski definition) is 2. The molecule has 112 valence electrons. The van der Waals surface area contributed by atoms with Crippen molar-refractivity contribution in [2.24, 2.45) is 0 Å². The lowest BCUT2D eigenvalue weighted by atomic mass is 10.1. The fourth-order valence-electron chi connectivity index (χ4n) is 2.69. The second-order valence-electron chi connectivity index (χ2n) is 5.57. The Morgan fingerprint density at radius 3 is 1.95 bits per heavy atom. The SMILES string of the molecule is CCN(CC)c1ccc(CNc2cc(C)cc(C)c2)cc1. The zero-order valence-corrected chi connectivity index (χ0v) is 13.6. The molecular formula is C19H26N2. The Morgan fingerprint density at radius 1 is 0.857 bits per heavy atom. The van der Waals surface area contributed by atoms with Crippen molar-refractivity contribution in [3.63, 3.8) is 0 Å². The lowest BCUT2D eigenvalue weighted by molar-refractivity contribution is 0.865. The maximum Gasteiger partial charge on any atom is 0.0400 e. The first-order valence-electron chi connectivity index (χ1n) is 7.78. The van der Waals surface area contributed by atoms with Gasteiger partial charge in [-0.15, -0.1) is 0 Å². The van der Waals surface area contributed by atoms with E-state index in [1.165, 1.54) is 28.1 Å². The van der Waals surface area contributed by atoms with Crippen molar-refractivity contribution >= 4 is 11.4 Å². The summed E-state index contributed by atoms with van der Waals surface area (Å²) in [6.45, 7) is 11.6. The van der Waals surface area contributed by atoms with Crippen LogP contribution < -0.4 is 10.2 Å². The second kappa shape index (κ2) is 7.16. The van der Waals surface area contributed by atoms with Crippen LogP contribution in [0.2, 0.25) is 0 Å². The number of hydrogen-bond donors (Lipinski definition) is 1. The monoisotopic (exact) mass is 282 g/mol. The number of benzene rings is 2. The van der Waals surface area contributed by atoms with E-state index >= 15 is 0 Å². The van der Waals surface area contributed by atoms with Crippen LogP contribution in [0.25, 0.3) is 0 Å². The maximum absolute atomic E-state index is 3.51. The molecular weight excluding hydrogens is 256 g/mol. The highest BCUT2D eigenvalue weighted by Gasteiger charge is 2.01. The summed E-state index contributed by atoms with van der Waals surface area (Å²) in [5.74, 6) is 0. The zero-order chi connectivity index (χ0) is 15.2. The van der Waals surface area contributed by atoms with E-state index in [2.05, 4.69) is 80.4 Å². The first-order valence-corrected chi connectivity index (χ1v) is 7.78. The summed E-state index contributed by atoms with van der Waals surface area (Å²) in [7, 11) is 0. The fourth-order valence-corrected chi connectivity index (χ4v) is 2.69. The summed E-state index contributed by atoms with van der Waals surface area (Å²) in [4.78, 5) is 2.36. The molecule has 0 saturated heterocycles. The van der Waals surface area contributed by atoms with Gasteiger partial charge in [0.05, 0.1) is 0 Å². The Morgan fingerprint density at radius 2 is 1.43 bits per heavy atom. The largest absolute Gasteiger partial charge is 0.381 e. The van der Waals surface area contributed by atoms with E-state index in [4.69, 9.17) is 0 Å². The third kappa shape index (κ3) is 4.25. The fraction of sp³-hybridized carbons (Fsp3) is 0.368. The van der Waals surface area contributed by atoms with Crippen molar-refractivity contribution in [3.05, 3.63) is 59.2 Å². The number of aryl methyl sites for hydroxylation is 2. The van der Waals surface area contributed by atoms with Gasteiger partial charge in [0.15, 0.2) is 0 Å². The van der Waals surface area contributed by atoms with Crippen LogP contribution in [0.15, 0.2) is 42.5 Å². The molecule has 0 aliphatic heterocycles. The quantitative estimate of drug-likeness (QED) is 0.821. The molecule has 0 saturated carbocycles. The van der Waals surface area contributed by atoms with Gasteiger partial charge in [-0.2, -0.15) is 0 Å². The molecule has 0 aliphatic rings. The van der Waals surface area contributed by atoms with Gasteiger partial charge in [-0.3, -0.25) is 0 Å². The molecule has 0 aromatic heterocycles. The first kappa shape index (κ1) is 15.4. The van der Waals surface area contributed by atoms with E-state index in [0.717, 1.165) is 19.6 Å². The Bertz CT molecular complexity index is 548. The van der Waals surface area contributed by atoms with Gasteiger partial charge >= 0.3 is 0 Å². The highest BCUT2D eigenvalue weighted by Crippen LogP contribution is 2.17. The number of anilines is 2. The zero-order valence-electron chi connectivity index (χ0n) is 13.6. The summed E-state index contributed by atoms with van der Waals surface area (Å²) < 4.78 is 0. The van der Waals surface area contributed by atoms with Crippen molar-refractivity contribution in [1.82, 2.24) is 0 Å². The summed E-state index contributed by atoms with van der Waals surface area (Å²) in [5, 5.41) is 3.51. The predicted molar refractivity (Wildman–Crippen MR) is 93.2 cm³/mol. The van der Waals surface area contributed by atoms with Crippen LogP contribution in [0.3, 0.4) is 0 Å². The van der Waals surface area contributed by atoms with Gasteiger partial charge in [0.2, 0.25) is 0 Å². The van der Waals surface area contributed by atoms with Crippen LogP contribution in [-0.2, 0) is 6.54 Å². The van der Waals surface area contributed by atoms with E-state index in [0.29, 0.717) is 0 Å². The minimum Gasteiger partial charge on any atom is -0.381 e. The van der Waals surface area contributed by atoms with Crippen LogP contribution in [0.4, 0.5) is 11.4 Å². The lowest BCUT2D eigenvalue weighted by Crippen LogP contribution is -2.21. The number of nitrogens with one attached hydrogen (secondary N) is 1. The lowest BCUT2D eigenvalue weighted by Gasteiger charge is -2.21. The third-order valence-electron chi connectivity index (χ3n) is 3.78. The predicted octanol–water partition coefficient (Wildman–Crippen LogP) is 4.76. The molecule has 0 aliphatic carbocycles. The van der Waals surface area contributed by atoms with Crippen LogP contribution in [0, 0.1) is 13.8 Å². The number of nitrogens with zero attached hydrogens (tertiary/aromatic N) is 1. The van der Waals surface area contributed by atoms with Crippen molar-refractivity contribution in [2.45, 2.75) is 34.2 Å². The topological polar surface area (TPSA) is 15.3 Å². The molecule has 0 spiro atoms. The molecule has 2 nitrogen and oxygen atoms in total. The van der Waals surface area contributed by atoms with Gasteiger partial charge in [0, 0.05) is 31.0 Å². The highest BCUT2D eigenvalue weighted by molar-refractivity contribution is 5.50. The van der Waals surface area contributed by atoms with E-state index in [1.54, 1.807) is 0 Å². The highest BCUT2D eigenvalue weighted by atomic mass is 15.1. The Labute approximate surface area is 128 Å². The van der Waals surface area contributed by atoms with Crippen LogP contribution in [0.5, 0.6) is 0 Å². The Kier molecular flexibility index (Phi) is 5.26. The normalized spacial score (nSPS) is 10.5. The molecule has 2 heteroatoms. The Hall–Kier alpha value is -1.96. The second-order valence-corrected chi connectivity index (χ2v) is 5.57. The molecule has 0 radical (unpaired) electrons. The van der Waals surface area contributed by atoms with E-state index in [9.17, 15) is 0 Å². The molecule has 0 amide bonds. The average molecular weight is 282 g/mol. The van der Waals surface area contributed by atoms with Gasteiger partial charge in [-0.25, -0.2) is 0 Å². The summed E-state index contributed by atoms with van der Waals surface area (Å²) in [5.41, 5.74) is 6.41. The van der Waals surface area contributed by atoms with Crippen LogP contribution in [0.1, 0.15) is 30.5 Å². The van der Waals surface area contributed by atoms with E-state index in [1.807, 2.05) is 0 Å². The Balaban J connectivity index is 2.00. The maximum atomic E-state index is 3.51. The molecule has 2 aromatic carbocycles. The molecule has 1 N–H and O–H groups in total. The third-order valence-corrected chi connectivity index (χ3v) is 3.78. The van der Waals surface area contributed by atoms with Crippen molar-refractivity contribution < 1.29 is 0 Å². The molecule has 2 aromatic rings. The average Bonchev–Trinajstić information content (AvgIpc) is 2.47. The molecule has 2 rings (SSSR count). The van der Waals surface area contributed by atoms with Gasteiger partial charge < -0.3 is 10.2 Å². The van der Waals surface area contributed by atoms with Crippen LogP contribution in [-0.4, -0.2) is 13.1 Å². The first-order chi connectivity index (χ1) is 10.1. The summed E-state index contributed by atoms with van der Waals surface area (Å²) >= 11 is 0. The molecule has 0 unspecified atom stereocenters. The van der Waals surface area contributed by atoms with Crippen molar-refractivity contribution in [1.29, 1.82) is 0 Å². The minimum absolute atomic E-state index is 0.863. The summed E-state index contributed by atoms with van der Waals surface area (Å²) in [6, 6.07) is 15.4. The minimum atomic E-state index is 0.863. The van der Waals surface area contributed by atoms with E-state index in [-0.39, 0.29) is 0 Å². The molecule has 0 atom stereocenters. The smallest absolute Gasteiger partial charge is 0.0400 e. The van der Waals surface area contributed by atoms with Crippen LogP contribution >= 0.6 is 0 Å². The number of rotatable bonds is 6. The molecule has 21 heavy (non-hydrogen) atoms. The van der Waals surface area contributed by atoms with Crippen molar-refractivity contribution in [3.8, 4) is 0 Å². The van der Waals surface area contributed by atoms with Gasteiger partial charge in [0.1, 0.15) is 0 Å².